The highest BCUT2D eigenvalue weighted by atomic mass is 16.5. The Kier molecular flexibility index (Phi) is 7.02. The molecule has 0 saturated carbocycles. The van der Waals surface area contributed by atoms with E-state index < -0.39 is 0 Å². The van der Waals surface area contributed by atoms with Crippen LogP contribution in [0.3, 0.4) is 0 Å². The van der Waals surface area contributed by atoms with E-state index in [4.69, 9.17) is 9.47 Å². The molecule has 0 bridgehead atoms. The van der Waals surface area contributed by atoms with Crippen molar-refractivity contribution in [2.24, 2.45) is 5.92 Å². The third kappa shape index (κ3) is 4.93. The van der Waals surface area contributed by atoms with Gasteiger partial charge in [-0.05, 0) is 31.2 Å². The van der Waals surface area contributed by atoms with Crippen molar-refractivity contribution in [3.05, 3.63) is 23.8 Å². The lowest BCUT2D eigenvalue weighted by Gasteiger charge is -2.19. The summed E-state index contributed by atoms with van der Waals surface area (Å²) in [6.07, 6.45) is 0. The van der Waals surface area contributed by atoms with Crippen LogP contribution >= 0.6 is 0 Å². The number of hydrogen-bond acceptors (Lipinski definition) is 4. The number of hydrogen-bond donors (Lipinski definition) is 2. The van der Waals surface area contributed by atoms with Crippen molar-refractivity contribution >= 4 is 5.91 Å². The summed E-state index contributed by atoms with van der Waals surface area (Å²) in [4.78, 5) is 12.1. The van der Waals surface area contributed by atoms with Gasteiger partial charge >= 0.3 is 0 Å². The lowest BCUT2D eigenvalue weighted by Crippen LogP contribution is -2.36. The number of nitrogens with one attached hydrogen (secondary N) is 2. The first-order valence-electron chi connectivity index (χ1n) is 7.26. The van der Waals surface area contributed by atoms with Gasteiger partial charge in [0.2, 0.25) is 5.91 Å². The van der Waals surface area contributed by atoms with Crippen LogP contribution in [0.5, 0.6) is 11.5 Å². The van der Waals surface area contributed by atoms with Gasteiger partial charge in [0, 0.05) is 12.5 Å². The molecule has 0 fully saturated rings. The van der Waals surface area contributed by atoms with Gasteiger partial charge < -0.3 is 20.1 Å². The minimum atomic E-state index is -0.0821. The number of carbonyl (C=O) groups excluding carboxylic acids is 1. The molecule has 0 spiro atoms. The summed E-state index contributed by atoms with van der Waals surface area (Å²) in [6.45, 7) is 7.44. The number of benzene rings is 1. The van der Waals surface area contributed by atoms with E-state index in [-0.39, 0.29) is 17.9 Å². The van der Waals surface area contributed by atoms with Crippen LogP contribution in [0.1, 0.15) is 32.4 Å². The predicted octanol–water partition coefficient (Wildman–Crippen LogP) is 2.13. The van der Waals surface area contributed by atoms with Crippen LogP contribution < -0.4 is 20.1 Å². The number of carbonyl (C=O) groups is 1. The summed E-state index contributed by atoms with van der Waals surface area (Å²) < 4.78 is 10.5. The maximum atomic E-state index is 12.1. The van der Waals surface area contributed by atoms with Gasteiger partial charge in [0.15, 0.2) is 11.5 Å². The van der Waals surface area contributed by atoms with Crippen molar-refractivity contribution in [3.8, 4) is 11.5 Å². The molecule has 1 rings (SSSR count). The van der Waals surface area contributed by atoms with Crippen molar-refractivity contribution in [3.63, 3.8) is 0 Å². The van der Waals surface area contributed by atoms with Gasteiger partial charge in [0.1, 0.15) is 0 Å². The molecule has 1 aromatic carbocycles. The normalized spacial score (nSPS) is 13.4. The summed E-state index contributed by atoms with van der Waals surface area (Å²) in [5, 5.41) is 6.20. The summed E-state index contributed by atoms with van der Waals surface area (Å²) in [5.74, 6) is 1.32. The lowest BCUT2D eigenvalue weighted by atomic mass is 10.1. The highest BCUT2D eigenvalue weighted by Gasteiger charge is 2.16. The molecule has 1 amide bonds. The first-order valence-corrected chi connectivity index (χ1v) is 7.26. The van der Waals surface area contributed by atoms with E-state index in [0.29, 0.717) is 18.0 Å². The SMILES string of the molecule is CCNCC(C)C(=O)NC(C)c1ccc(OC)c(OC)c1. The third-order valence-corrected chi connectivity index (χ3v) is 3.41. The highest BCUT2D eigenvalue weighted by Crippen LogP contribution is 2.29. The van der Waals surface area contributed by atoms with E-state index >= 15 is 0 Å². The molecular formula is C16H26N2O3. The van der Waals surface area contributed by atoms with Gasteiger partial charge in [-0.1, -0.05) is 19.9 Å². The van der Waals surface area contributed by atoms with Crippen molar-refractivity contribution in [1.82, 2.24) is 10.6 Å². The van der Waals surface area contributed by atoms with Crippen LogP contribution in [0.4, 0.5) is 0 Å². The number of rotatable bonds is 8. The van der Waals surface area contributed by atoms with Crippen LogP contribution in [-0.2, 0) is 4.79 Å². The maximum absolute atomic E-state index is 12.1. The van der Waals surface area contributed by atoms with Crippen LogP contribution in [0.25, 0.3) is 0 Å². The molecule has 5 heteroatoms. The fourth-order valence-electron chi connectivity index (χ4n) is 2.01. The number of amides is 1. The molecule has 2 unspecified atom stereocenters. The third-order valence-electron chi connectivity index (χ3n) is 3.41. The largest absolute Gasteiger partial charge is 0.493 e. The lowest BCUT2D eigenvalue weighted by molar-refractivity contribution is -0.125. The first kappa shape index (κ1) is 17.3. The van der Waals surface area contributed by atoms with Crippen molar-refractivity contribution < 1.29 is 14.3 Å². The molecule has 0 saturated heterocycles. The fourth-order valence-corrected chi connectivity index (χ4v) is 2.01. The fraction of sp³-hybridized carbons (Fsp3) is 0.562. The molecular weight excluding hydrogens is 268 g/mol. The Hall–Kier alpha value is -1.75. The molecule has 2 N–H and O–H groups in total. The zero-order valence-corrected chi connectivity index (χ0v) is 13.5. The number of methoxy groups -OCH3 is 2. The molecule has 0 aromatic heterocycles. The molecule has 0 heterocycles. The van der Waals surface area contributed by atoms with Crippen molar-refractivity contribution in [1.29, 1.82) is 0 Å². The molecule has 0 aliphatic carbocycles. The molecule has 0 radical (unpaired) electrons. The van der Waals surface area contributed by atoms with Crippen molar-refractivity contribution in [2.45, 2.75) is 26.8 Å². The second-order valence-corrected chi connectivity index (χ2v) is 5.05. The van der Waals surface area contributed by atoms with Gasteiger partial charge in [-0.15, -0.1) is 0 Å². The smallest absolute Gasteiger partial charge is 0.224 e. The predicted molar refractivity (Wildman–Crippen MR) is 83.8 cm³/mol. The molecule has 5 nitrogen and oxygen atoms in total. The summed E-state index contributed by atoms with van der Waals surface area (Å²) in [7, 11) is 3.20. The molecule has 118 valence electrons. The Morgan fingerprint density at radius 3 is 2.43 bits per heavy atom. The van der Waals surface area contributed by atoms with Gasteiger partial charge in [0.25, 0.3) is 0 Å². The monoisotopic (exact) mass is 294 g/mol. The van der Waals surface area contributed by atoms with Gasteiger partial charge in [-0.2, -0.15) is 0 Å². The second-order valence-electron chi connectivity index (χ2n) is 5.05. The summed E-state index contributed by atoms with van der Waals surface area (Å²) in [6, 6.07) is 5.58. The van der Waals surface area contributed by atoms with E-state index in [1.165, 1.54) is 0 Å². The Morgan fingerprint density at radius 1 is 1.19 bits per heavy atom. The maximum Gasteiger partial charge on any atom is 0.224 e. The molecule has 2 atom stereocenters. The van der Waals surface area contributed by atoms with E-state index in [0.717, 1.165) is 12.1 Å². The average molecular weight is 294 g/mol. The number of ether oxygens (including phenoxy) is 2. The Bertz CT molecular complexity index is 463. The van der Waals surface area contributed by atoms with Gasteiger partial charge in [-0.3, -0.25) is 4.79 Å². The van der Waals surface area contributed by atoms with Crippen LogP contribution in [0.2, 0.25) is 0 Å². The molecule has 21 heavy (non-hydrogen) atoms. The second kappa shape index (κ2) is 8.52. The van der Waals surface area contributed by atoms with E-state index in [9.17, 15) is 4.79 Å². The average Bonchev–Trinajstić information content (AvgIpc) is 2.51. The van der Waals surface area contributed by atoms with Crippen LogP contribution in [-0.4, -0.2) is 33.2 Å². The van der Waals surface area contributed by atoms with E-state index in [1.54, 1.807) is 14.2 Å². The van der Waals surface area contributed by atoms with Crippen LogP contribution in [0, 0.1) is 5.92 Å². The Morgan fingerprint density at radius 2 is 1.86 bits per heavy atom. The quantitative estimate of drug-likeness (QED) is 0.771. The minimum Gasteiger partial charge on any atom is -0.493 e. The van der Waals surface area contributed by atoms with Gasteiger partial charge in [-0.25, -0.2) is 0 Å². The summed E-state index contributed by atoms with van der Waals surface area (Å²) in [5.41, 5.74) is 0.983. The van der Waals surface area contributed by atoms with E-state index in [2.05, 4.69) is 10.6 Å². The molecule has 0 aliphatic rings. The van der Waals surface area contributed by atoms with E-state index in [1.807, 2.05) is 39.0 Å². The Balaban J connectivity index is 2.70. The zero-order chi connectivity index (χ0) is 15.8. The molecule has 1 aromatic rings. The standard InChI is InChI=1S/C16H26N2O3/c1-6-17-10-11(2)16(19)18-12(3)13-7-8-14(20-4)15(9-13)21-5/h7-9,11-12,17H,6,10H2,1-5H3,(H,18,19). The van der Waals surface area contributed by atoms with Crippen molar-refractivity contribution in [2.75, 3.05) is 27.3 Å². The van der Waals surface area contributed by atoms with Crippen LogP contribution in [0.15, 0.2) is 18.2 Å². The molecule has 0 aliphatic heterocycles. The Labute approximate surface area is 127 Å². The first-order chi connectivity index (χ1) is 10.0. The highest BCUT2D eigenvalue weighted by molar-refractivity contribution is 5.79. The topological polar surface area (TPSA) is 59.6 Å². The minimum absolute atomic E-state index is 0.0400. The zero-order valence-electron chi connectivity index (χ0n) is 13.5. The van der Waals surface area contributed by atoms with Gasteiger partial charge in [0.05, 0.1) is 20.3 Å². The summed E-state index contributed by atoms with van der Waals surface area (Å²) >= 11 is 0.